The van der Waals surface area contributed by atoms with E-state index in [0.29, 0.717) is 46.6 Å². The number of aromatic nitrogens is 2. The summed E-state index contributed by atoms with van der Waals surface area (Å²) in [6.07, 6.45) is 5.97. The zero-order chi connectivity index (χ0) is 22.4. The van der Waals surface area contributed by atoms with Crippen LogP contribution in [0.3, 0.4) is 0 Å². The van der Waals surface area contributed by atoms with Crippen molar-refractivity contribution in [3.05, 3.63) is 45.7 Å². The van der Waals surface area contributed by atoms with Crippen molar-refractivity contribution in [3.8, 4) is 11.3 Å². The lowest BCUT2D eigenvalue weighted by Gasteiger charge is -2.20. The third kappa shape index (κ3) is 6.14. The molecule has 0 saturated carbocycles. The van der Waals surface area contributed by atoms with Crippen molar-refractivity contribution in [2.75, 3.05) is 25.2 Å². The zero-order valence-corrected chi connectivity index (χ0v) is 18.6. The molecule has 0 spiro atoms. The number of unbranched alkanes of at least 4 members (excludes halogenated alkanes) is 1. The number of carbonyl (C=O) groups is 1. The Kier molecular flexibility index (Phi) is 7.45. The first-order chi connectivity index (χ1) is 14.8. The second-order valence-corrected chi connectivity index (χ2v) is 9.22. The smallest absolute Gasteiger partial charge is 0.325 e. The third-order valence-corrected chi connectivity index (χ3v) is 5.49. The van der Waals surface area contributed by atoms with E-state index in [2.05, 4.69) is 15.7 Å². The molecule has 3 rings (SSSR count). The molecule has 2 aromatic rings. The Morgan fingerprint density at radius 2 is 1.94 bits per heavy atom. The molecule has 10 heteroatoms. The lowest BCUT2D eigenvalue weighted by molar-refractivity contribution is -0.116. The molecule has 0 aliphatic heterocycles. The van der Waals surface area contributed by atoms with Gasteiger partial charge in [0.2, 0.25) is 5.91 Å². The predicted molar refractivity (Wildman–Crippen MR) is 118 cm³/mol. The van der Waals surface area contributed by atoms with E-state index in [-0.39, 0.29) is 5.91 Å². The summed E-state index contributed by atoms with van der Waals surface area (Å²) < 4.78 is 28.0. The lowest BCUT2D eigenvalue weighted by Crippen LogP contribution is -2.36. The molecule has 0 fully saturated rings. The van der Waals surface area contributed by atoms with E-state index in [1.165, 1.54) is 0 Å². The molecule has 31 heavy (non-hydrogen) atoms. The summed E-state index contributed by atoms with van der Waals surface area (Å²) in [5.74, 6) is -0.0754. The van der Waals surface area contributed by atoms with Crippen molar-refractivity contribution in [3.63, 3.8) is 0 Å². The first-order valence-electron chi connectivity index (χ1n) is 10.4. The van der Waals surface area contributed by atoms with Crippen molar-refractivity contribution < 1.29 is 17.5 Å². The molecule has 0 saturated heterocycles. The molecule has 9 nitrogen and oxygen atoms in total. The van der Waals surface area contributed by atoms with Crippen LogP contribution in [0.1, 0.15) is 43.2 Å². The molecule has 1 aromatic heterocycles. The molecule has 168 valence electrons. The van der Waals surface area contributed by atoms with Crippen molar-refractivity contribution in [2.24, 2.45) is 0 Å². The molecule has 1 aliphatic rings. The quantitative estimate of drug-likeness (QED) is 0.558. The molecule has 0 unspecified atom stereocenters. The van der Waals surface area contributed by atoms with Gasteiger partial charge in [0.15, 0.2) is 0 Å². The SMILES string of the molecule is CNCCCCC(=O)Nc1cccc(-c2nn(OS(C)(=O)=O)c(=O)c3c2CCCC3)c1. The first kappa shape index (κ1) is 23.0. The fraction of sp³-hybridized carbons (Fsp3) is 0.476. The molecule has 1 aliphatic carbocycles. The highest BCUT2D eigenvalue weighted by Crippen LogP contribution is 2.29. The number of benzene rings is 1. The molecule has 1 heterocycles. The summed E-state index contributed by atoms with van der Waals surface area (Å²) in [5, 5.41) is 10.2. The Morgan fingerprint density at radius 3 is 2.65 bits per heavy atom. The van der Waals surface area contributed by atoms with Crippen molar-refractivity contribution in [1.82, 2.24) is 15.3 Å². The molecule has 1 amide bonds. The van der Waals surface area contributed by atoms with E-state index < -0.39 is 15.7 Å². The van der Waals surface area contributed by atoms with Crippen LogP contribution in [0.15, 0.2) is 29.1 Å². The van der Waals surface area contributed by atoms with Crippen LogP contribution in [-0.2, 0) is 27.8 Å². The number of hydrogen-bond donors (Lipinski definition) is 2. The minimum absolute atomic E-state index is 0.0754. The van der Waals surface area contributed by atoms with Crippen LogP contribution in [0.2, 0.25) is 0 Å². The maximum absolute atomic E-state index is 12.7. The van der Waals surface area contributed by atoms with Crippen molar-refractivity contribution in [2.45, 2.75) is 44.9 Å². The Morgan fingerprint density at radius 1 is 1.19 bits per heavy atom. The number of hydrogen-bond acceptors (Lipinski definition) is 7. The van der Waals surface area contributed by atoms with Gasteiger partial charge in [0.1, 0.15) is 0 Å². The Balaban J connectivity index is 1.91. The molecule has 1 aromatic carbocycles. The van der Waals surface area contributed by atoms with Gasteiger partial charge in [0.25, 0.3) is 0 Å². The average molecular weight is 449 g/mol. The van der Waals surface area contributed by atoms with Crippen molar-refractivity contribution >= 4 is 21.7 Å². The van der Waals surface area contributed by atoms with Crippen LogP contribution < -0.4 is 20.5 Å². The van der Waals surface area contributed by atoms with Gasteiger partial charge >= 0.3 is 15.7 Å². The van der Waals surface area contributed by atoms with Gasteiger partial charge < -0.3 is 10.6 Å². The summed E-state index contributed by atoms with van der Waals surface area (Å²) in [6, 6.07) is 7.16. The Hall–Kier alpha value is -2.72. The second kappa shape index (κ2) is 10.1. The van der Waals surface area contributed by atoms with Gasteiger partial charge in [-0.1, -0.05) is 12.1 Å². The van der Waals surface area contributed by atoms with Gasteiger partial charge in [-0.15, -0.1) is 5.10 Å². The average Bonchev–Trinajstić information content (AvgIpc) is 2.72. The Labute approximate surface area is 181 Å². The minimum atomic E-state index is -3.92. The largest absolute Gasteiger partial charge is 0.326 e. The minimum Gasteiger partial charge on any atom is -0.326 e. The normalized spacial score (nSPS) is 13.5. The molecule has 2 N–H and O–H groups in total. The Bertz CT molecular complexity index is 1110. The predicted octanol–water partition coefficient (Wildman–Crippen LogP) is 1.51. The molecular formula is C21H28N4O5S. The van der Waals surface area contributed by atoms with Gasteiger partial charge in [-0.05, 0) is 74.7 Å². The van der Waals surface area contributed by atoms with Gasteiger partial charge in [-0.2, -0.15) is 8.42 Å². The molecule has 0 atom stereocenters. The zero-order valence-electron chi connectivity index (χ0n) is 17.8. The number of nitrogens with zero attached hydrogens (tertiary/aromatic N) is 2. The summed E-state index contributed by atoms with van der Waals surface area (Å²) in [5.41, 5.74) is 2.57. The van der Waals surface area contributed by atoms with Crippen molar-refractivity contribution in [1.29, 1.82) is 0 Å². The lowest BCUT2D eigenvalue weighted by atomic mass is 9.90. The van der Waals surface area contributed by atoms with E-state index in [0.717, 1.165) is 44.0 Å². The summed E-state index contributed by atoms with van der Waals surface area (Å²) in [6.45, 7) is 0.866. The topological polar surface area (TPSA) is 119 Å². The molecule has 0 radical (unpaired) electrons. The van der Waals surface area contributed by atoms with Crippen LogP contribution in [0, 0.1) is 0 Å². The first-order valence-corrected chi connectivity index (χ1v) is 12.2. The van der Waals surface area contributed by atoms with E-state index >= 15 is 0 Å². The standard InChI is InChI=1S/C21H28N4O5S/c1-22-13-6-5-12-19(26)23-16-9-7-8-15(14-16)20-17-10-3-4-11-18(17)21(27)25(24-20)30-31(2,28)29/h7-9,14,22H,3-6,10-13H2,1-2H3,(H,23,26). The summed E-state index contributed by atoms with van der Waals surface area (Å²) in [4.78, 5) is 25.5. The maximum atomic E-state index is 12.7. The number of carbonyl (C=O) groups excluding carboxylic acids is 1. The summed E-state index contributed by atoms with van der Waals surface area (Å²) >= 11 is 0. The monoisotopic (exact) mass is 448 g/mol. The van der Waals surface area contributed by atoms with Crippen LogP contribution in [0.25, 0.3) is 11.3 Å². The fourth-order valence-electron chi connectivity index (χ4n) is 3.68. The second-order valence-electron chi connectivity index (χ2n) is 7.66. The van der Waals surface area contributed by atoms with Gasteiger partial charge in [-0.3, -0.25) is 13.9 Å². The van der Waals surface area contributed by atoms with Gasteiger partial charge in [0.05, 0.1) is 11.9 Å². The van der Waals surface area contributed by atoms with Crippen LogP contribution in [-0.4, -0.2) is 44.1 Å². The van der Waals surface area contributed by atoms with Crippen LogP contribution in [0.4, 0.5) is 5.69 Å². The number of rotatable bonds is 9. The van der Waals surface area contributed by atoms with Crippen LogP contribution in [0.5, 0.6) is 0 Å². The number of nitrogens with one attached hydrogen (secondary N) is 2. The van der Waals surface area contributed by atoms with Gasteiger partial charge in [-0.25, -0.2) is 0 Å². The molecule has 0 bridgehead atoms. The highest BCUT2D eigenvalue weighted by atomic mass is 32.2. The third-order valence-electron chi connectivity index (χ3n) is 5.08. The fourth-order valence-corrected chi connectivity index (χ4v) is 4.04. The summed E-state index contributed by atoms with van der Waals surface area (Å²) in [7, 11) is -2.05. The van der Waals surface area contributed by atoms with Gasteiger partial charge in [0, 0.05) is 23.2 Å². The number of anilines is 1. The highest BCUT2D eigenvalue weighted by Gasteiger charge is 2.23. The molecular weight excluding hydrogens is 420 g/mol. The highest BCUT2D eigenvalue weighted by molar-refractivity contribution is 7.86. The number of amides is 1. The van der Waals surface area contributed by atoms with E-state index in [4.69, 9.17) is 4.28 Å². The number of fused-ring (bicyclic) bond motifs is 1. The van der Waals surface area contributed by atoms with Crippen LogP contribution >= 0.6 is 0 Å². The van der Waals surface area contributed by atoms with E-state index in [1.807, 2.05) is 13.1 Å². The van der Waals surface area contributed by atoms with E-state index in [9.17, 15) is 18.0 Å². The van der Waals surface area contributed by atoms with E-state index in [1.54, 1.807) is 18.2 Å². The maximum Gasteiger partial charge on any atom is 0.325 e.